The summed E-state index contributed by atoms with van der Waals surface area (Å²) in [6.07, 6.45) is 0. The number of ether oxygens (including phenoxy) is 2. The third-order valence-corrected chi connectivity index (χ3v) is 3.58. The van der Waals surface area contributed by atoms with Crippen LogP contribution in [-0.4, -0.2) is 27.4 Å². The van der Waals surface area contributed by atoms with Crippen molar-refractivity contribution >= 4 is 0 Å². The molecule has 1 aliphatic heterocycles. The van der Waals surface area contributed by atoms with Gasteiger partial charge in [0.25, 0.3) is 0 Å². The van der Waals surface area contributed by atoms with Gasteiger partial charge in [-0.25, -0.2) is 0 Å². The van der Waals surface area contributed by atoms with Crippen LogP contribution in [-0.2, 0) is 10.3 Å². The topological polar surface area (TPSA) is 30.5 Å². The van der Waals surface area contributed by atoms with Crippen LogP contribution < -0.4 is 10.1 Å². The van der Waals surface area contributed by atoms with Crippen LogP contribution in [0.4, 0.5) is 0 Å². The minimum Gasteiger partial charge on any atom is -0.496 e. The van der Waals surface area contributed by atoms with Gasteiger partial charge in [-0.3, -0.25) is 0 Å². The highest BCUT2D eigenvalue weighted by molar-refractivity contribution is 5.42. The predicted molar refractivity (Wildman–Crippen MR) is 68.6 cm³/mol. The second-order valence-corrected chi connectivity index (χ2v) is 4.94. The van der Waals surface area contributed by atoms with Gasteiger partial charge in [0.2, 0.25) is 0 Å². The summed E-state index contributed by atoms with van der Waals surface area (Å²) in [6, 6.07) is 6.42. The summed E-state index contributed by atoms with van der Waals surface area (Å²) < 4.78 is 10.8. The van der Waals surface area contributed by atoms with E-state index in [0.29, 0.717) is 5.92 Å². The van der Waals surface area contributed by atoms with Crippen LogP contribution in [0.1, 0.15) is 30.9 Å². The molecule has 1 aromatic carbocycles. The highest BCUT2D eigenvalue weighted by Crippen LogP contribution is 2.34. The minimum absolute atomic E-state index is 0.00406. The van der Waals surface area contributed by atoms with Crippen molar-refractivity contribution in [2.45, 2.75) is 25.3 Å². The molecule has 94 valence electrons. The van der Waals surface area contributed by atoms with Crippen LogP contribution >= 0.6 is 0 Å². The van der Waals surface area contributed by atoms with E-state index in [1.165, 1.54) is 11.1 Å². The molecule has 0 unspecified atom stereocenters. The van der Waals surface area contributed by atoms with E-state index in [-0.39, 0.29) is 5.54 Å². The summed E-state index contributed by atoms with van der Waals surface area (Å²) in [5.41, 5.74) is 2.54. The van der Waals surface area contributed by atoms with Crippen molar-refractivity contribution in [1.29, 1.82) is 0 Å². The first-order chi connectivity index (χ1) is 8.13. The predicted octanol–water partition coefficient (Wildman–Crippen LogP) is 2.26. The molecular weight excluding hydrogens is 214 g/mol. The fraction of sp³-hybridized carbons (Fsp3) is 0.571. The van der Waals surface area contributed by atoms with Crippen LogP contribution in [0.2, 0.25) is 0 Å². The fourth-order valence-corrected chi connectivity index (χ4v) is 2.24. The third-order valence-electron chi connectivity index (χ3n) is 3.58. The highest BCUT2D eigenvalue weighted by Gasteiger charge is 2.39. The van der Waals surface area contributed by atoms with Crippen molar-refractivity contribution in [3.8, 4) is 5.75 Å². The monoisotopic (exact) mass is 235 g/mol. The lowest BCUT2D eigenvalue weighted by Crippen LogP contribution is -2.56. The summed E-state index contributed by atoms with van der Waals surface area (Å²) in [6.45, 7) is 5.86. The van der Waals surface area contributed by atoms with Gasteiger partial charge in [0, 0.05) is 0 Å². The van der Waals surface area contributed by atoms with Crippen molar-refractivity contribution in [2.75, 3.05) is 27.4 Å². The second-order valence-electron chi connectivity index (χ2n) is 4.94. The number of methoxy groups -OCH3 is 1. The first-order valence-electron chi connectivity index (χ1n) is 6.08. The molecule has 17 heavy (non-hydrogen) atoms. The van der Waals surface area contributed by atoms with E-state index >= 15 is 0 Å². The molecule has 1 aliphatic rings. The van der Waals surface area contributed by atoms with Gasteiger partial charge in [0.1, 0.15) is 5.75 Å². The Bertz CT molecular complexity index is 392. The SMILES string of the molecule is CNC1(c2ccc(OC)c(C(C)C)c2)COC1. The van der Waals surface area contributed by atoms with Gasteiger partial charge in [0.15, 0.2) is 0 Å². The molecule has 0 aromatic heterocycles. The largest absolute Gasteiger partial charge is 0.496 e. The van der Waals surface area contributed by atoms with Crippen LogP contribution in [0.15, 0.2) is 18.2 Å². The van der Waals surface area contributed by atoms with Gasteiger partial charge in [-0.15, -0.1) is 0 Å². The van der Waals surface area contributed by atoms with Crippen LogP contribution in [0.3, 0.4) is 0 Å². The Morgan fingerprint density at radius 2 is 2.06 bits per heavy atom. The lowest BCUT2D eigenvalue weighted by molar-refractivity contribution is -0.0748. The summed E-state index contributed by atoms with van der Waals surface area (Å²) in [7, 11) is 3.71. The van der Waals surface area contributed by atoms with Crippen LogP contribution in [0, 0.1) is 0 Å². The van der Waals surface area contributed by atoms with Gasteiger partial charge in [-0.2, -0.15) is 0 Å². The fourth-order valence-electron chi connectivity index (χ4n) is 2.24. The summed E-state index contributed by atoms with van der Waals surface area (Å²) >= 11 is 0. The Kier molecular flexibility index (Phi) is 3.40. The maximum atomic E-state index is 5.41. The molecule has 1 aromatic rings. The smallest absolute Gasteiger partial charge is 0.122 e. The van der Waals surface area contributed by atoms with Crippen molar-refractivity contribution in [1.82, 2.24) is 5.32 Å². The highest BCUT2D eigenvalue weighted by atomic mass is 16.5. The Hall–Kier alpha value is -1.06. The van der Waals surface area contributed by atoms with Crippen molar-refractivity contribution in [3.63, 3.8) is 0 Å². The van der Waals surface area contributed by atoms with Gasteiger partial charge >= 0.3 is 0 Å². The van der Waals surface area contributed by atoms with E-state index in [4.69, 9.17) is 9.47 Å². The Morgan fingerprint density at radius 1 is 1.35 bits per heavy atom. The zero-order valence-electron chi connectivity index (χ0n) is 11.0. The first kappa shape index (κ1) is 12.4. The molecule has 1 heterocycles. The molecule has 3 nitrogen and oxygen atoms in total. The van der Waals surface area contributed by atoms with E-state index in [2.05, 4.69) is 37.4 Å². The Balaban J connectivity index is 2.40. The lowest BCUT2D eigenvalue weighted by atomic mass is 9.85. The molecule has 0 aliphatic carbocycles. The molecule has 0 radical (unpaired) electrons. The normalized spacial score (nSPS) is 17.9. The zero-order valence-corrected chi connectivity index (χ0v) is 11.0. The maximum Gasteiger partial charge on any atom is 0.122 e. The number of hydrogen-bond acceptors (Lipinski definition) is 3. The number of benzene rings is 1. The van der Waals surface area contributed by atoms with Gasteiger partial charge in [0.05, 0.1) is 25.9 Å². The van der Waals surface area contributed by atoms with Crippen LogP contribution in [0.25, 0.3) is 0 Å². The summed E-state index contributed by atoms with van der Waals surface area (Å²) in [5, 5.41) is 3.37. The molecule has 0 bridgehead atoms. The third kappa shape index (κ3) is 2.05. The summed E-state index contributed by atoms with van der Waals surface area (Å²) in [5.74, 6) is 1.43. The van der Waals surface area contributed by atoms with Crippen LogP contribution in [0.5, 0.6) is 5.75 Å². The number of hydrogen-bond donors (Lipinski definition) is 1. The van der Waals surface area contributed by atoms with E-state index in [1.54, 1.807) is 7.11 Å². The summed E-state index contributed by atoms with van der Waals surface area (Å²) in [4.78, 5) is 0. The molecule has 2 rings (SSSR count). The van der Waals surface area contributed by atoms with E-state index < -0.39 is 0 Å². The molecule has 0 saturated carbocycles. The van der Waals surface area contributed by atoms with E-state index in [1.807, 2.05) is 7.05 Å². The standard InChI is InChI=1S/C14H21NO2/c1-10(2)12-7-11(5-6-13(12)16-4)14(15-3)8-17-9-14/h5-7,10,15H,8-9H2,1-4H3. The molecule has 1 fully saturated rings. The molecule has 0 amide bonds. The molecule has 1 saturated heterocycles. The molecule has 0 atom stereocenters. The Morgan fingerprint density at radius 3 is 2.47 bits per heavy atom. The number of likely N-dealkylation sites (N-methyl/N-ethyl adjacent to an activating group) is 1. The van der Waals surface area contributed by atoms with Crippen molar-refractivity contribution < 1.29 is 9.47 Å². The number of nitrogens with one attached hydrogen (secondary N) is 1. The average molecular weight is 235 g/mol. The molecule has 1 N–H and O–H groups in total. The van der Waals surface area contributed by atoms with Gasteiger partial charge in [-0.1, -0.05) is 19.9 Å². The molecule has 3 heteroatoms. The second kappa shape index (κ2) is 4.67. The molecular formula is C14H21NO2. The van der Waals surface area contributed by atoms with Gasteiger partial charge in [-0.05, 0) is 36.2 Å². The average Bonchev–Trinajstić information content (AvgIpc) is 2.28. The molecule has 0 spiro atoms. The van der Waals surface area contributed by atoms with Crippen molar-refractivity contribution in [2.24, 2.45) is 0 Å². The lowest BCUT2D eigenvalue weighted by Gasteiger charge is -2.42. The maximum absolute atomic E-state index is 5.41. The number of rotatable bonds is 4. The quantitative estimate of drug-likeness (QED) is 0.868. The van der Waals surface area contributed by atoms with Crippen molar-refractivity contribution in [3.05, 3.63) is 29.3 Å². The minimum atomic E-state index is -0.00406. The Labute approximate surface area is 103 Å². The zero-order chi connectivity index (χ0) is 12.5. The van der Waals surface area contributed by atoms with E-state index in [0.717, 1.165) is 19.0 Å². The van der Waals surface area contributed by atoms with E-state index in [9.17, 15) is 0 Å². The van der Waals surface area contributed by atoms with Gasteiger partial charge < -0.3 is 14.8 Å². The first-order valence-corrected chi connectivity index (χ1v) is 6.08.